The summed E-state index contributed by atoms with van der Waals surface area (Å²) in [5.41, 5.74) is -1.62. The molecular weight excluding hydrogens is 251 g/mol. The summed E-state index contributed by atoms with van der Waals surface area (Å²) < 4.78 is 23.8. The van der Waals surface area contributed by atoms with E-state index in [0.717, 1.165) is 0 Å². The highest BCUT2D eigenvalue weighted by Crippen LogP contribution is 2.35. The van der Waals surface area contributed by atoms with Crippen molar-refractivity contribution in [1.29, 1.82) is 0 Å². The van der Waals surface area contributed by atoms with Gasteiger partial charge in [-0.3, -0.25) is 0 Å². The highest BCUT2D eigenvalue weighted by Gasteiger charge is 2.53. The van der Waals surface area contributed by atoms with E-state index >= 15 is 0 Å². The summed E-state index contributed by atoms with van der Waals surface area (Å²) in [5, 5.41) is 0. The van der Waals surface area contributed by atoms with E-state index in [1.54, 1.807) is 37.3 Å². The summed E-state index contributed by atoms with van der Waals surface area (Å²) >= 11 is 0. The van der Waals surface area contributed by atoms with Gasteiger partial charge in [-0.15, -0.1) is 0 Å². The fourth-order valence-electron chi connectivity index (χ4n) is 1.88. The Labute approximate surface area is 110 Å². The molecule has 1 fully saturated rings. The standard InChI is InChI=1S/C14H15FO4/c1-9-11(19-13(17)14(9,2)15)8-18-12(16)10-6-4-3-5-7-10/h3-7,9,11H,8H2,1-2H3. The van der Waals surface area contributed by atoms with Gasteiger partial charge in [0.2, 0.25) is 5.67 Å². The monoisotopic (exact) mass is 266 g/mol. The van der Waals surface area contributed by atoms with Gasteiger partial charge in [-0.05, 0) is 19.1 Å². The minimum atomic E-state index is -2.02. The molecule has 0 radical (unpaired) electrons. The fourth-order valence-corrected chi connectivity index (χ4v) is 1.88. The average Bonchev–Trinajstić information content (AvgIpc) is 2.60. The number of rotatable bonds is 3. The summed E-state index contributed by atoms with van der Waals surface area (Å²) in [5.74, 6) is -2.07. The van der Waals surface area contributed by atoms with Crippen LogP contribution in [0.15, 0.2) is 30.3 Å². The molecule has 3 atom stereocenters. The molecule has 1 aliphatic heterocycles. The lowest BCUT2D eigenvalue weighted by atomic mass is 9.91. The molecule has 0 aromatic heterocycles. The van der Waals surface area contributed by atoms with Crippen LogP contribution in [0.25, 0.3) is 0 Å². The summed E-state index contributed by atoms with van der Waals surface area (Å²) in [7, 11) is 0. The molecule has 102 valence electrons. The van der Waals surface area contributed by atoms with E-state index < -0.39 is 29.6 Å². The number of hydrogen-bond donors (Lipinski definition) is 0. The molecule has 1 saturated heterocycles. The number of halogens is 1. The maximum atomic E-state index is 13.9. The van der Waals surface area contributed by atoms with E-state index in [0.29, 0.717) is 5.56 Å². The molecule has 0 N–H and O–H groups in total. The van der Waals surface area contributed by atoms with Crippen LogP contribution in [0, 0.1) is 5.92 Å². The third kappa shape index (κ3) is 2.59. The Morgan fingerprint density at radius 3 is 2.58 bits per heavy atom. The molecular formula is C14H15FO4. The van der Waals surface area contributed by atoms with Gasteiger partial charge in [0.1, 0.15) is 12.7 Å². The van der Waals surface area contributed by atoms with E-state index in [1.807, 2.05) is 0 Å². The summed E-state index contributed by atoms with van der Waals surface area (Å²) in [6.45, 7) is 2.60. The van der Waals surface area contributed by atoms with Crippen molar-refractivity contribution in [3.05, 3.63) is 35.9 Å². The Hall–Kier alpha value is -1.91. The largest absolute Gasteiger partial charge is 0.458 e. The quantitative estimate of drug-likeness (QED) is 0.786. The highest BCUT2D eigenvalue weighted by atomic mass is 19.1. The van der Waals surface area contributed by atoms with Crippen LogP contribution in [0.5, 0.6) is 0 Å². The van der Waals surface area contributed by atoms with Gasteiger partial charge < -0.3 is 9.47 Å². The molecule has 1 heterocycles. The van der Waals surface area contributed by atoms with E-state index in [1.165, 1.54) is 6.92 Å². The molecule has 1 aliphatic rings. The molecule has 19 heavy (non-hydrogen) atoms. The van der Waals surface area contributed by atoms with Gasteiger partial charge in [-0.1, -0.05) is 25.1 Å². The number of carbonyl (C=O) groups excluding carboxylic acids is 2. The molecule has 2 rings (SSSR count). The van der Waals surface area contributed by atoms with Crippen molar-refractivity contribution in [2.75, 3.05) is 6.61 Å². The normalized spacial score (nSPS) is 29.9. The van der Waals surface area contributed by atoms with Crippen molar-refractivity contribution in [3.8, 4) is 0 Å². The first-order valence-corrected chi connectivity index (χ1v) is 6.05. The zero-order valence-electron chi connectivity index (χ0n) is 10.8. The Balaban J connectivity index is 1.94. The van der Waals surface area contributed by atoms with Crippen LogP contribution in [0.2, 0.25) is 0 Å². The van der Waals surface area contributed by atoms with Crippen molar-refractivity contribution < 1.29 is 23.5 Å². The molecule has 3 unspecified atom stereocenters. The van der Waals surface area contributed by atoms with Crippen LogP contribution < -0.4 is 0 Å². The second kappa shape index (κ2) is 4.99. The number of esters is 2. The molecule has 0 amide bonds. The Kier molecular flexibility index (Phi) is 3.55. The number of ether oxygens (including phenoxy) is 2. The number of cyclic esters (lactones) is 1. The van der Waals surface area contributed by atoms with Gasteiger partial charge in [0, 0.05) is 5.92 Å². The van der Waals surface area contributed by atoms with E-state index in [4.69, 9.17) is 9.47 Å². The Bertz CT molecular complexity index is 483. The van der Waals surface area contributed by atoms with Crippen molar-refractivity contribution in [1.82, 2.24) is 0 Å². The molecule has 1 aromatic carbocycles. The van der Waals surface area contributed by atoms with Crippen LogP contribution >= 0.6 is 0 Å². The maximum absolute atomic E-state index is 13.9. The van der Waals surface area contributed by atoms with Gasteiger partial charge in [0.25, 0.3) is 0 Å². The summed E-state index contributed by atoms with van der Waals surface area (Å²) in [6.07, 6.45) is -0.741. The topological polar surface area (TPSA) is 52.6 Å². The number of carbonyl (C=O) groups is 2. The van der Waals surface area contributed by atoms with E-state index in [-0.39, 0.29) is 6.61 Å². The van der Waals surface area contributed by atoms with Gasteiger partial charge >= 0.3 is 11.9 Å². The predicted molar refractivity (Wildman–Crippen MR) is 65.3 cm³/mol. The van der Waals surface area contributed by atoms with Crippen molar-refractivity contribution in [2.45, 2.75) is 25.6 Å². The third-order valence-corrected chi connectivity index (χ3v) is 3.46. The second-order valence-corrected chi connectivity index (χ2v) is 4.77. The predicted octanol–water partition coefficient (Wildman–Crippen LogP) is 2.13. The number of alkyl halides is 1. The average molecular weight is 266 g/mol. The minimum Gasteiger partial charge on any atom is -0.458 e. The SMILES string of the molecule is CC1C(COC(=O)c2ccccc2)OC(=O)C1(C)F. The zero-order chi connectivity index (χ0) is 14.0. The van der Waals surface area contributed by atoms with Gasteiger partial charge in [-0.25, -0.2) is 14.0 Å². The maximum Gasteiger partial charge on any atom is 0.344 e. The first-order valence-electron chi connectivity index (χ1n) is 6.05. The molecule has 5 heteroatoms. The van der Waals surface area contributed by atoms with Crippen molar-refractivity contribution in [3.63, 3.8) is 0 Å². The lowest BCUT2D eigenvalue weighted by Crippen LogP contribution is -2.33. The van der Waals surface area contributed by atoms with E-state index in [9.17, 15) is 14.0 Å². The van der Waals surface area contributed by atoms with Crippen LogP contribution in [0.4, 0.5) is 4.39 Å². The van der Waals surface area contributed by atoms with Gasteiger partial charge in [0.05, 0.1) is 5.56 Å². The molecule has 4 nitrogen and oxygen atoms in total. The third-order valence-electron chi connectivity index (χ3n) is 3.46. The fraction of sp³-hybridized carbons (Fsp3) is 0.429. The second-order valence-electron chi connectivity index (χ2n) is 4.77. The molecule has 0 bridgehead atoms. The molecule has 0 aliphatic carbocycles. The lowest BCUT2D eigenvalue weighted by Gasteiger charge is -2.17. The Morgan fingerprint density at radius 1 is 1.42 bits per heavy atom. The zero-order valence-corrected chi connectivity index (χ0v) is 10.8. The van der Waals surface area contributed by atoms with Crippen LogP contribution in [-0.4, -0.2) is 30.3 Å². The first-order chi connectivity index (χ1) is 8.93. The Morgan fingerprint density at radius 2 is 2.05 bits per heavy atom. The molecule has 1 aromatic rings. The molecule has 0 spiro atoms. The van der Waals surface area contributed by atoms with Crippen molar-refractivity contribution in [2.24, 2.45) is 5.92 Å². The number of benzene rings is 1. The van der Waals surface area contributed by atoms with E-state index in [2.05, 4.69) is 0 Å². The first kappa shape index (κ1) is 13.5. The van der Waals surface area contributed by atoms with Crippen LogP contribution in [-0.2, 0) is 14.3 Å². The van der Waals surface area contributed by atoms with Gasteiger partial charge in [-0.2, -0.15) is 0 Å². The number of hydrogen-bond acceptors (Lipinski definition) is 4. The van der Waals surface area contributed by atoms with Crippen LogP contribution in [0.3, 0.4) is 0 Å². The van der Waals surface area contributed by atoms with Gasteiger partial charge in [0.15, 0.2) is 0 Å². The summed E-state index contributed by atoms with van der Waals surface area (Å²) in [6, 6.07) is 8.45. The summed E-state index contributed by atoms with van der Waals surface area (Å²) in [4.78, 5) is 23.0. The minimum absolute atomic E-state index is 0.139. The van der Waals surface area contributed by atoms with Crippen LogP contribution in [0.1, 0.15) is 24.2 Å². The molecule has 0 saturated carbocycles. The highest BCUT2D eigenvalue weighted by molar-refractivity contribution is 5.89. The lowest BCUT2D eigenvalue weighted by molar-refractivity contribution is -0.150. The smallest absolute Gasteiger partial charge is 0.344 e. The van der Waals surface area contributed by atoms with Crippen molar-refractivity contribution >= 4 is 11.9 Å².